The largest absolute Gasteiger partial charge is 0.454 e. The molecule has 0 saturated carbocycles. The van der Waals surface area contributed by atoms with Crippen molar-refractivity contribution in [1.82, 2.24) is 10.0 Å². The summed E-state index contributed by atoms with van der Waals surface area (Å²) in [5.74, 6) is 1.19. The van der Waals surface area contributed by atoms with Gasteiger partial charge in [0, 0.05) is 36.8 Å². The van der Waals surface area contributed by atoms with E-state index in [4.69, 9.17) is 14.2 Å². The summed E-state index contributed by atoms with van der Waals surface area (Å²) in [4.78, 5) is 13.0. The van der Waals surface area contributed by atoms with Crippen LogP contribution >= 0.6 is 0 Å². The first kappa shape index (κ1) is 23.5. The van der Waals surface area contributed by atoms with E-state index in [9.17, 15) is 13.2 Å². The summed E-state index contributed by atoms with van der Waals surface area (Å²) in [5.41, 5.74) is 1.21. The maximum absolute atomic E-state index is 12.9. The van der Waals surface area contributed by atoms with Crippen molar-refractivity contribution < 1.29 is 27.4 Å². The molecule has 0 radical (unpaired) electrons. The Morgan fingerprint density at radius 3 is 2.45 bits per heavy atom. The van der Waals surface area contributed by atoms with Crippen LogP contribution in [0.25, 0.3) is 0 Å². The average Bonchev–Trinajstić information content (AvgIpc) is 3.31. The third-order valence-corrected chi connectivity index (χ3v) is 8.02. The zero-order chi connectivity index (χ0) is 23.5. The predicted molar refractivity (Wildman–Crippen MR) is 123 cm³/mol. The molecular weight excluding hydrogens is 444 g/mol. The van der Waals surface area contributed by atoms with Crippen LogP contribution in [0.3, 0.4) is 0 Å². The number of hydrogen-bond donors (Lipinski definition) is 2. The lowest BCUT2D eigenvalue weighted by molar-refractivity contribution is 0.0486. The standard InChI is InChI=1S/C24H30N2O6S/c1-3-17(2)26-33(28,29)20-7-4-18(5-8-20)23(27)25-15-24(10-12-30-13-11-24)19-6-9-21-22(14-19)32-16-31-21/h4-9,14,17,26H,3,10-13,15-16H2,1-2H3,(H,25,27). The van der Waals surface area contributed by atoms with Crippen molar-refractivity contribution >= 4 is 15.9 Å². The predicted octanol–water partition coefficient (Wildman–Crippen LogP) is 2.97. The molecule has 2 heterocycles. The fourth-order valence-electron chi connectivity index (χ4n) is 4.11. The van der Waals surface area contributed by atoms with E-state index in [2.05, 4.69) is 10.0 Å². The van der Waals surface area contributed by atoms with Crippen molar-refractivity contribution in [3.63, 3.8) is 0 Å². The molecule has 1 saturated heterocycles. The van der Waals surface area contributed by atoms with Gasteiger partial charge in [-0.1, -0.05) is 13.0 Å². The molecule has 178 valence electrons. The molecule has 0 aliphatic carbocycles. The summed E-state index contributed by atoms with van der Waals surface area (Å²) in [6.07, 6.45) is 2.23. The van der Waals surface area contributed by atoms with Gasteiger partial charge in [-0.05, 0) is 68.1 Å². The van der Waals surface area contributed by atoms with Crippen molar-refractivity contribution in [3.8, 4) is 11.5 Å². The van der Waals surface area contributed by atoms with Gasteiger partial charge in [0.2, 0.25) is 16.8 Å². The number of rotatable bonds is 8. The van der Waals surface area contributed by atoms with E-state index < -0.39 is 10.0 Å². The third-order valence-electron chi connectivity index (χ3n) is 6.42. The lowest BCUT2D eigenvalue weighted by Crippen LogP contribution is -2.44. The van der Waals surface area contributed by atoms with E-state index in [-0.39, 0.29) is 29.1 Å². The number of amides is 1. The maximum atomic E-state index is 12.9. The van der Waals surface area contributed by atoms with Crippen LogP contribution in [0, 0.1) is 0 Å². The first-order chi connectivity index (χ1) is 15.8. The normalized spacial score (nSPS) is 18.0. The van der Waals surface area contributed by atoms with Crippen LogP contribution in [0.2, 0.25) is 0 Å². The minimum absolute atomic E-state index is 0.139. The van der Waals surface area contributed by atoms with Crippen molar-refractivity contribution in [2.45, 2.75) is 49.5 Å². The molecule has 2 aromatic rings. The van der Waals surface area contributed by atoms with Crippen LogP contribution < -0.4 is 19.5 Å². The molecule has 1 unspecified atom stereocenters. The van der Waals surface area contributed by atoms with E-state index >= 15 is 0 Å². The summed E-state index contributed by atoms with van der Waals surface area (Å²) >= 11 is 0. The van der Waals surface area contributed by atoms with E-state index in [1.807, 2.05) is 32.0 Å². The summed E-state index contributed by atoms with van der Waals surface area (Å²) in [6, 6.07) is 11.8. The van der Waals surface area contributed by atoms with Gasteiger partial charge in [0.15, 0.2) is 11.5 Å². The molecule has 33 heavy (non-hydrogen) atoms. The monoisotopic (exact) mass is 474 g/mol. The van der Waals surface area contributed by atoms with Gasteiger partial charge in [0.1, 0.15) is 0 Å². The summed E-state index contributed by atoms with van der Waals surface area (Å²) in [7, 11) is -3.61. The van der Waals surface area contributed by atoms with Gasteiger partial charge in [-0.2, -0.15) is 0 Å². The molecule has 2 aromatic carbocycles. The van der Waals surface area contributed by atoms with Crippen LogP contribution in [-0.2, 0) is 20.2 Å². The lowest BCUT2D eigenvalue weighted by atomic mass is 9.74. The zero-order valence-electron chi connectivity index (χ0n) is 18.9. The topological polar surface area (TPSA) is 103 Å². The zero-order valence-corrected chi connectivity index (χ0v) is 19.7. The van der Waals surface area contributed by atoms with Crippen molar-refractivity contribution in [2.24, 2.45) is 0 Å². The lowest BCUT2D eigenvalue weighted by Gasteiger charge is -2.38. The fraction of sp³-hybridized carbons (Fsp3) is 0.458. The van der Waals surface area contributed by atoms with Crippen LogP contribution in [0.1, 0.15) is 49.0 Å². The summed E-state index contributed by atoms with van der Waals surface area (Å²) in [5, 5.41) is 3.04. The van der Waals surface area contributed by atoms with Crippen molar-refractivity contribution in [2.75, 3.05) is 26.6 Å². The SMILES string of the molecule is CCC(C)NS(=O)(=O)c1ccc(C(=O)NCC2(c3ccc4c(c3)OCO4)CCOCC2)cc1. The Morgan fingerprint density at radius 2 is 1.76 bits per heavy atom. The van der Waals surface area contributed by atoms with E-state index in [1.165, 1.54) is 24.3 Å². The molecule has 9 heteroatoms. The van der Waals surface area contributed by atoms with Gasteiger partial charge in [0.25, 0.3) is 5.91 Å². The Bertz CT molecular complexity index is 1090. The Hall–Kier alpha value is -2.62. The number of carbonyl (C=O) groups is 1. The summed E-state index contributed by atoms with van der Waals surface area (Å²) < 4.78 is 44.1. The van der Waals surface area contributed by atoms with Crippen LogP contribution in [0.15, 0.2) is 47.4 Å². The van der Waals surface area contributed by atoms with Gasteiger partial charge in [0.05, 0.1) is 4.90 Å². The van der Waals surface area contributed by atoms with Crippen LogP contribution in [0.4, 0.5) is 0 Å². The minimum Gasteiger partial charge on any atom is -0.454 e. The van der Waals surface area contributed by atoms with E-state index in [0.29, 0.717) is 37.5 Å². The number of nitrogens with one attached hydrogen (secondary N) is 2. The first-order valence-corrected chi connectivity index (χ1v) is 12.7. The van der Waals surface area contributed by atoms with Gasteiger partial charge in [-0.25, -0.2) is 13.1 Å². The Kier molecular flexibility index (Phi) is 6.92. The highest BCUT2D eigenvalue weighted by molar-refractivity contribution is 7.89. The Balaban J connectivity index is 1.47. The van der Waals surface area contributed by atoms with Gasteiger partial charge >= 0.3 is 0 Å². The molecule has 1 atom stereocenters. The minimum atomic E-state index is -3.61. The van der Waals surface area contributed by atoms with Gasteiger partial charge in [-0.15, -0.1) is 0 Å². The van der Waals surface area contributed by atoms with E-state index in [0.717, 1.165) is 24.2 Å². The molecule has 8 nitrogen and oxygen atoms in total. The highest BCUT2D eigenvalue weighted by atomic mass is 32.2. The first-order valence-electron chi connectivity index (χ1n) is 11.2. The molecular formula is C24H30N2O6S. The Morgan fingerprint density at radius 1 is 1.06 bits per heavy atom. The second kappa shape index (κ2) is 9.70. The number of sulfonamides is 1. The molecule has 2 aliphatic heterocycles. The Labute approximate surface area is 194 Å². The third kappa shape index (κ3) is 5.15. The average molecular weight is 475 g/mol. The second-order valence-corrected chi connectivity index (χ2v) is 10.3. The van der Waals surface area contributed by atoms with Crippen molar-refractivity contribution in [3.05, 3.63) is 53.6 Å². The van der Waals surface area contributed by atoms with E-state index in [1.54, 1.807) is 0 Å². The summed E-state index contributed by atoms with van der Waals surface area (Å²) in [6.45, 7) is 5.59. The molecule has 2 N–H and O–H groups in total. The van der Waals surface area contributed by atoms with Crippen LogP contribution in [0.5, 0.6) is 11.5 Å². The number of ether oxygens (including phenoxy) is 3. The van der Waals surface area contributed by atoms with Gasteiger partial charge < -0.3 is 19.5 Å². The molecule has 0 aromatic heterocycles. The number of fused-ring (bicyclic) bond motifs is 1. The molecule has 1 amide bonds. The number of carbonyl (C=O) groups excluding carboxylic acids is 1. The highest BCUT2D eigenvalue weighted by Crippen LogP contribution is 2.40. The molecule has 0 spiro atoms. The molecule has 4 rings (SSSR count). The maximum Gasteiger partial charge on any atom is 0.251 e. The molecule has 1 fully saturated rings. The molecule has 0 bridgehead atoms. The number of benzene rings is 2. The molecule has 2 aliphatic rings. The number of hydrogen-bond acceptors (Lipinski definition) is 6. The second-order valence-electron chi connectivity index (χ2n) is 8.60. The fourth-order valence-corrected chi connectivity index (χ4v) is 5.44. The van der Waals surface area contributed by atoms with Crippen LogP contribution in [-0.4, -0.2) is 46.9 Å². The highest BCUT2D eigenvalue weighted by Gasteiger charge is 2.36. The smallest absolute Gasteiger partial charge is 0.251 e. The quantitative estimate of drug-likeness (QED) is 0.610. The van der Waals surface area contributed by atoms with Gasteiger partial charge in [-0.3, -0.25) is 4.79 Å². The van der Waals surface area contributed by atoms with Crippen molar-refractivity contribution in [1.29, 1.82) is 0 Å².